The van der Waals surface area contributed by atoms with E-state index in [1.54, 1.807) is 12.1 Å². The van der Waals surface area contributed by atoms with Gasteiger partial charge in [-0.1, -0.05) is 31.5 Å². The maximum atomic E-state index is 14.1. The molecule has 4 rings (SSSR count). The topological polar surface area (TPSA) is 25.8 Å². The van der Waals surface area contributed by atoms with Gasteiger partial charge < -0.3 is 0 Å². The van der Waals surface area contributed by atoms with Gasteiger partial charge in [0, 0.05) is 5.41 Å². The number of nitrogens with zero attached hydrogens (tertiary/aromatic N) is 2. The van der Waals surface area contributed by atoms with Gasteiger partial charge in [-0.15, -0.1) is 0 Å². The molecule has 0 saturated heterocycles. The van der Waals surface area contributed by atoms with Gasteiger partial charge >= 0.3 is 0 Å². The number of aromatic nitrogens is 2. The van der Waals surface area contributed by atoms with Crippen LogP contribution in [0.4, 0.5) is 4.39 Å². The Kier molecular flexibility index (Phi) is 2.68. The molecule has 1 fully saturated rings. The Balaban J connectivity index is 1.90. The molecule has 4 heteroatoms. The maximum Gasteiger partial charge on any atom is 0.134 e. The maximum absolute atomic E-state index is 14.1. The monoisotopic (exact) mass is 302 g/mol. The summed E-state index contributed by atoms with van der Waals surface area (Å²) in [7, 11) is 0. The van der Waals surface area contributed by atoms with Crippen LogP contribution in [0.3, 0.4) is 0 Å². The van der Waals surface area contributed by atoms with Crippen LogP contribution in [-0.2, 0) is 5.41 Å². The first-order valence-electron chi connectivity index (χ1n) is 7.35. The summed E-state index contributed by atoms with van der Waals surface area (Å²) in [4.78, 5) is 0. The van der Waals surface area contributed by atoms with E-state index >= 15 is 0 Å². The number of rotatable bonds is 1. The van der Waals surface area contributed by atoms with E-state index in [0.29, 0.717) is 28.1 Å². The third-order valence-corrected chi connectivity index (χ3v) is 5.88. The van der Waals surface area contributed by atoms with E-state index in [9.17, 15) is 4.39 Å². The molecule has 0 N–H and O–H groups in total. The number of benzene rings is 1. The zero-order valence-electron chi connectivity index (χ0n) is 12.0. The van der Waals surface area contributed by atoms with E-state index in [4.69, 9.17) is 11.6 Å². The first kappa shape index (κ1) is 13.2. The number of fused-ring (bicyclic) bond motifs is 5. The van der Waals surface area contributed by atoms with Gasteiger partial charge in [-0.3, -0.25) is 0 Å². The summed E-state index contributed by atoms with van der Waals surface area (Å²) in [5, 5.41) is 9.09. The molecule has 2 aromatic rings. The van der Waals surface area contributed by atoms with Crippen molar-refractivity contribution in [3.8, 4) is 11.3 Å². The van der Waals surface area contributed by atoms with Crippen LogP contribution >= 0.6 is 11.6 Å². The summed E-state index contributed by atoms with van der Waals surface area (Å²) in [6, 6.07) is 6.70. The Morgan fingerprint density at radius 1 is 1.33 bits per heavy atom. The Bertz CT molecular complexity index is 725. The van der Waals surface area contributed by atoms with E-state index in [1.807, 2.05) is 6.07 Å². The van der Waals surface area contributed by atoms with Crippen molar-refractivity contribution in [2.75, 3.05) is 0 Å². The summed E-state index contributed by atoms with van der Waals surface area (Å²) >= 11 is 6.14. The van der Waals surface area contributed by atoms with Gasteiger partial charge in [0.25, 0.3) is 0 Å². The molecule has 0 aliphatic heterocycles. The van der Waals surface area contributed by atoms with E-state index in [0.717, 1.165) is 5.69 Å². The molecule has 1 aromatic heterocycles. The van der Waals surface area contributed by atoms with Crippen molar-refractivity contribution in [3.63, 3.8) is 0 Å². The van der Waals surface area contributed by atoms with Crippen molar-refractivity contribution >= 4 is 11.6 Å². The molecule has 0 amide bonds. The lowest BCUT2D eigenvalue weighted by atomic mass is 9.81. The highest BCUT2D eigenvalue weighted by molar-refractivity contribution is 6.33. The van der Waals surface area contributed by atoms with E-state index in [2.05, 4.69) is 24.0 Å². The lowest BCUT2D eigenvalue weighted by Crippen LogP contribution is -2.23. The van der Waals surface area contributed by atoms with Crippen LogP contribution in [0.2, 0.25) is 5.02 Å². The molecule has 0 radical (unpaired) electrons. The van der Waals surface area contributed by atoms with Gasteiger partial charge in [-0.2, -0.15) is 10.2 Å². The Morgan fingerprint density at radius 2 is 2.14 bits per heavy atom. The van der Waals surface area contributed by atoms with Crippen LogP contribution in [0.15, 0.2) is 24.3 Å². The molecule has 1 heterocycles. The molecule has 2 aliphatic carbocycles. The average molecular weight is 303 g/mol. The fourth-order valence-corrected chi connectivity index (χ4v) is 4.39. The Morgan fingerprint density at radius 3 is 2.90 bits per heavy atom. The number of halogens is 2. The molecule has 21 heavy (non-hydrogen) atoms. The van der Waals surface area contributed by atoms with Crippen LogP contribution in [-0.4, -0.2) is 10.2 Å². The van der Waals surface area contributed by atoms with Crippen molar-refractivity contribution in [1.82, 2.24) is 10.2 Å². The van der Waals surface area contributed by atoms with Gasteiger partial charge in [0.05, 0.1) is 22.0 Å². The normalized spacial score (nSPS) is 29.7. The van der Waals surface area contributed by atoms with E-state index in [-0.39, 0.29) is 11.2 Å². The third kappa shape index (κ3) is 1.64. The molecule has 2 bridgehead atoms. The number of hydrogen-bond donors (Lipinski definition) is 0. The minimum Gasteiger partial charge on any atom is -0.206 e. The molecule has 0 spiro atoms. The lowest BCUT2D eigenvalue weighted by Gasteiger charge is -2.24. The van der Waals surface area contributed by atoms with Crippen LogP contribution < -0.4 is 0 Å². The Hall–Kier alpha value is -1.48. The first-order valence-corrected chi connectivity index (χ1v) is 7.72. The molecule has 2 aliphatic rings. The van der Waals surface area contributed by atoms with Gasteiger partial charge in [0.15, 0.2) is 0 Å². The molecule has 3 atom stereocenters. The van der Waals surface area contributed by atoms with Crippen LogP contribution in [0.5, 0.6) is 0 Å². The average Bonchev–Trinajstić information content (AvgIpc) is 2.85. The van der Waals surface area contributed by atoms with Crippen molar-refractivity contribution in [2.24, 2.45) is 5.92 Å². The second-order valence-electron chi connectivity index (χ2n) is 6.48. The predicted octanol–water partition coefficient (Wildman–Crippen LogP) is 4.72. The first-order chi connectivity index (χ1) is 10.0. The predicted molar refractivity (Wildman–Crippen MR) is 80.9 cm³/mol. The van der Waals surface area contributed by atoms with Crippen molar-refractivity contribution in [1.29, 1.82) is 0 Å². The minimum absolute atomic E-state index is 0.130. The van der Waals surface area contributed by atoms with Gasteiger partial charge in [0.1, 0.15) is 5.82 Å². The van der Waals surface area contributed by atoms with Gasteiger partial charge in [-0.05, 0) is 48.4 Å². The fraction of sp³-hybridized carbons (Fsp3) is 0.412. The smallest absolute Gasteiger partial charge is 0.134 e. The minimum atomic E-state index is -0.348. The summed E-state index contributed by atoms with van der Waals surface area (Å²) in [6.45, 7) is 4.56. The zero-order chi connectivity index (χ0) is 14.8. The summed E-state index contributed by atoms with van der Waals surface area (Å²) in [5.74, 6) is 0.747. The molecule has 1 saturated carbocycles. The third-order valence-electron chi connectivity index (χ3n) is 5.57. The van der Waals surface area contributed by atoms with Crippen molar-refractivity contribution < 1.29 is 4.39 Å². The largest absolute Gasteiger partial charge is 0.206 e. The van der Waals surface area contributed by atoms with Crippen LogP contribution in [0.1, 0.15) is 43.9 Å². The molecule has 1 aromatic carbocycles. The summed E-state index contributed by atoms with van der Waals surface area (Å²) in [5.41, 5.74) is 3.36. The summed E-state index contributed by atoms with van der Waals surface area (Å²) < 4.78 is 14.1. The van der Waals surface area contributed by atoms with Crippen molar-refractivity contribution in [3.05, 3.63) is 46.4 Å². The molecular formula is C17H16ClFN2. The van der Waals surface area contributed by atoms with E-state index < -0.39 is 0 Å². The van der Waals surface area contributed by atoms with Crippen molar-refractivity contribution in [2.45, 2.75) is 38.0 Å². The molecule has 2 nitrogen and oxygen atoms in total. The SMILES string of the molecule is CC1C2CCC1(C)c1nnc(-c3c(F)cccc3Cl)cc12. The van der Waals surface area contributed by atoms with E-state index in [1.165, 1.54) is 24.5 Å². The van der Waals surface area contributed by atoms with Gasteiger partial charge in [0.2, 0.25) is 0 Å². The highest BCUT2D eigenvalue weighted by atomic mass is 35.5. The standard InChI is InChI=1S/C17H16ClFN2/c1-9-10-6-7-17(9,2)16-11(10)8-14(20-21-16)15-12(18)4-3-5-13(15)19/h3-5,8-10H,6-7H2,1-2H3. The number of hydrogen-bond acceptors (Lipinski definition) is 2. The van der Waals surface area contributed by atoms with Crippen LogP contribution in [0.25, 0.3) is 11.3 Å². The summed E-state index contributed by atoms with van der Waals surface area (Å²) in [6.07, 6.45) is 2.35. The molecule has 3 unspecified atom stereocenters. The second-order valence-corrected chi connectivity index (χ2v) is 6.89. The van der Waals surface area contributed by atoms with Crippen LogP contribution in [0, 0.1) is 11.7 Å². The molecule has 108 valence electrons. The quantitative estimate of drug-likeness (QED) is 0.761. The highest BCUT2D eigenvalue weighted by Gasteiger charge is 2.53. The molecular weight excluding hydrogens is 287 g/mol. The van der Waals surface area contributed by atoms with Gasteiger partial charge in [-0.25, -0.2) is 4.39 Å². The lowest BCUT2D eigenvalue weighted by molar-refractivity contribution is 0.376. The Labute approximate surface area is 128 Å². The highest BCUT2D eigenvalue weighted by Crippen LogP contribution is 2.60. The zero-order valence-corrected chi connectivity index (χ0v) is 12.8. The second kappa shape index (κ2) is 4.26. The fourth-order valence-electron chi connectivity index (χ4n) is 4.13.